The highest BCUT2D eigenvalue weighted by Gasteiger charge is 2.12. The van der Waals surface area contributed by atoms with Crippen LogP contribution in [0.2, 0.25) is 5.02 Å². The van der Waals surface area contributed by atoms with E-state index in [1.807, 2.05) is 12.1 Å². The number of fused-ring (bicyclic) bond motifs is 1. The summed E-state index contributed by atoms with van der Waals surface area (Å²) in [6.45, 7) is 0.591. The van der Waals surface area contributed by atoms with E-state index in [2.05, 4.69) is 5.10 Å². The second kappa shape index (κ2) is 8.01. The van der Waals surface area contributed by atoms with Crippen LogP contribution in [0.5, 0.6) is 5.75 Å². The third kappa shape index (κ3) is 4.21. The largest absolute Gasteiger partial charge is 0.492 e. The maximum Gasteiger partial charge on any atom is 0.275 e. The number of rotatable bonds is 6. The predicted octanol–water partition coefficient (Wildman–Crippen LogP) is 2.59. The highest BCUT2D eigenvalue weighted by molar-refractivity contribution is 6.30. The quantitative estimate of drug-likeness (QED) is 0.668. The van der Waals surface area contributed by atoms with Gasteiger partial charge in [-0.3, -0.25) is 9.59 Å². The molecule has 6 nitrogen and oxygen atoms in total. The van der Waals surface area contributed by atoms with Crippen LogP contribution in [0.1, 0.15) is 0 Å². The molecule has 0 aliphatic heterocycles. The van der Waals surface area contributed by atoms with Gasteiger partial charge in [0.05, 0.1) is 18.1 Å². The molecular formula is C19H18ClN3O3. The van der Waals surface area contributed by atoms with Gasteiger partial charge >= 0.3 is 0 Å². The summed E-state index contributed by atoms with van der Waals surface area (Å²) in [5, 5.41) is 5.97. The summed E-state index contributed by atoms with van der Waals surface area (Å²) in [6.07, 6.45) is 1.59. The van der Waals surface area contributed by atoms with Crippen LogP contribution >= 0.6 is 11.6 Å². The van der Waals surface area contributed by atoms with Crippen LogP contribution in [-0.4, -0.2) is 40.8 Å². The van der Waals surface area contributed by atoms with Crippen LogP contribution < -0.4 is 10.3 Å². The first-order valence-electron chi connectivity index (χ1n) is 8.12. The van der Waals surface area contributed by atoms with Gasteiger partial charge in [0.2, 0.25) is 5.91 Å². The fourth-order valence-electron chi connectivity index (χ4n) is 2.47. The van der Waals surface area contributed by atoms with Crippen molar-refractivity contribution in [2.45, 2.75) is 6.54 Å². The molecule has 0 unspecified atom stereocenters. The minimum Gasteiger partial charge on any atom is -0.492 e. The van der Waals surface area contributed by atoms with Crippen LogP contribution in [0.3, 0.4) is 0 Å². The first kappa shape index (κ1) is 17.9. The summed E-state index contributed by atoms with van der Waals surface area (Å²) in [4.78, 5) is 26.3. The molecule has 2 aromatic carbocycles. The fraction of sp³-hybridized carbons (Fsp3) is 0.211. The van der Waals surface area contributed by atoms with Gasteiger partial charge in [-0.1, -0.05) is 35.9 Å². The standard InChI is InChI=1S/C19H18ClN3O3/c1-22(9-10-26-16-7-4-6-15(20)11-16)18(24)13-23-19(25)17-8-3-2-5-14(17)12-21-23/h2-8,11-12H,9-10,13H2,1H3. The molecule has 1 aromatic heterocycles. The van der Waals surface area contributed by atoms with Gasteiger partial charge in [0.15, 0.2) is 0 Å². The predicted molar refractivity (Wildman–Crippen MR) is 101 cm³/mol. The Balaban J connectivity index is 1.59. The van der Waals surface area contributed by atoms with E-state index in [1.54, 1.807) is 49.6 Å². The SMILES string of the molecule is CN(CCOc1cccc(Cl)c1)C(=O)Cn1ncc2ccccc2c1=O. The maximum absolute atomic E-state index is 12.4. The number of benzene rings is 2. The molecular weight excluding hydrogens is 354 g/mol. The first-order valence-corrected chi connectivity index (χ1v) is 8.49. The second-order valence-corrected chi connectivity index (χ2v) is 6.25. The molecule has 26 heavy (non-hydrogen) atoms. The summed E-state index contributed by atoms with van der Waals surface area (Å²) in [5.74, 6) is 0.426. The number of carbonyl (C=O) groups is 1. The molecule has 0 N–H and O–H groups in total. The first-order chi connectivity index (χ1) is 12.5. The minimum absolute atomic E-state index is 0.114. The molecule has 0 radical (unpaired) electrons. The molecule has 0 fully saturated rings. The average molecular weight is 372 g/mol. The van der Waals surface area contributed by atoms with Gasteiger partial charge in [-0.25, -0.2) is 4.68 Å². The van der Waals surface area contributed by atoms with E-state index < -0.39 is 0 Å². The average Bonchev–Trinajstić information content (AvgIpc) is 2.64. The fourth-order valence-corrected chi connectivity index (χ4v) is 2.65. The lowest BCUT2D eigenvalue weighted by Gasteiger charge is -2.18. The lowest BCUT2D eigenvalue weighted by atomic mass is 10.2. The van der Waals surface area contributed by atoms with E-state index in [0.717, 1.165) is 5.39 Å². The molecule has 0 atom stereocenters. The third-order valence-electron chi connectivity index (χ3n) is 3.96. The molecule has 3 rings (SSSR count). The molecule has 0 aliphatic carbocycles. The highest BCUT2D eigenvalue weighted by Crippen LogP contribution is 2.16. The van der Waals surface area contributed by atoms with Crippen LogP contribution in [0.4, 0.5) is 0 Å². The summed E-state index contributed by atoms with van der Waals surface area (Å²) >= 11 is 5.90. The van der Waals surface area contributed by atoms with Gasteiger partial charge in [0, 0.05) is 17.5 Å². The Morgan fingerprint density at radius 3 is 2.85 bits per heavy atom. The van der Waals surface area contributed by atoms with Crippen molar-refractivity contribution in [2.75, 3.05) is 20.2 Å². The van der Waals surface area contributed by atoms with Crippen molar-refractivity contribution < 1.29 is 9.53 Å². The Kier molecular flexibility index (Phi) is 5.53. The van der Waals surface area contributed by atoms with Crippen LogP contribution in [0.25, 0.3) is 10.8 Å². The third-order valence-corrected chi connectivity index (χ3v) is 4.20. The summed E-state index contributed by atoms with van der Waals surface area (Å²) in [7, 11) is 1.66. The Bertz CT molecular complexity index is 987. The molecule has 3 aromatic rings. The maximum atomic E-state index is 12.4. The highest BCUT2D eigenvalue weighted by atomic mass is 35.5. The number of carbonyl (C=O) groups excluding carboxylic acids is 1. The Morgan fingerprint density at radius 2 is 2.04 bits per heavy atom. The van der Waals surface area contributed by atoms with E-state index in [4.69, 9.17) is 16.3 Å². The van der Waals surface area contributed by atoms with E-state index in [9.17, 15) is 9.59 Å². The monoisotopic (exact) mass is 371 g/mol. The summed E-state index contributed by atoms with van der Waals surface area (Å²) in [5.41, 5.74) is -0.278. The van der Waals surface area contributed by atoms with Crippen molar-refractivity contribution in [3.63, 3.8) is 0 Å². The number of hydrogen-bond acceptors (Lipinski definition) is 4. The van der Waals surface area contributed by atoms with Gasteiger partial charge in [0.25, 0.3) is 5.56 Å². The molecule has 0 aliphatic rings. The van der Waals surface area contributed by atoms with Crippen molar-refractivity contribution in [3.05, 3.63) is 70.1 Å². The van der Waals surface area contributed by atoms with Crippen molar-refractivity contribution in [1.29, 1.82) is 0 Å². The Morgan fingerprint density at radius 1 is 1.23 bits per heavy atom. The molecule has 134 valence electrons. The smallest absolute Gasteiger partial charge is 0.275 e. The van der Waals surface area contributed by atoms with Crippen molar-refractivity contribution >= 4 is 28.3 Å². The van der Waals surface area contributed by atoms with Crippen molar-refractivity contribution in [3.8, 4) is 5.75 Å². The summed E-state index contributed by atoms with van der Waals surface area (Å²) < 4.78 is 6.76. The Labute approximate surface area is 155 Å². The number of amides is 1. The number of halogens is 1. The van der Waals surface area contributed by atoms with Gasteiger partial charge in [-0.15, -0.1) is 0 Å². The van der Waals surface area contributed by atoms with Crippen LogP contribution in [-0.2, 0) is 11.3 Å². The van der Waals surface area contributed by atoms with Gasteiger partial charge in [-0.05, 0) is 24.3 Å². The number of aromatic nitrogens is 2. The second-order valence-electron chi connectivity index (χ2n) is 5.82. The zero-order valence-electron chi connectivity index (χ0n) is 14.3. The van der Waals surface area contributed by atoms with Crippen LogP contribution in [0.15, 0.2) is 59.5 Å². The van der Waals surface area contributed by atoms with Gasteiger partial charge in [-0.2, -0.15) is 5.10 Å². The molecule has 0 spiro atoms. The number of nitrogens with zero attached hydrogens (tertiary/aromatic N) is 3. The molecule has 7 heteroatoms. The Hall–Kier alpha value is -2.86. The van der Waals surface area contributed by atoms with Crippen LogP contribution in [0, 0.1) is 0 Å². The van der Waals surface area contributed by atoms with Crippen molar-refractivity contribution in [1.82, 2.24) is 14.7 Å². The zero-order chi connectivity index (χ0) is 18.5. The van der Waals surface area contributed by atoms with Gasteiger partial charge in [0.1, 0.15) is 18.9 Å². The minimum atomic E-state index is -0.278. The van der Waals surface area contributed by atoms with E-state index in [0.29, 0.717) is 29.3 Å². The van der Waals surface area contributed by atoms with E-state index >= 15 is 0 Å². The molecule has 1 amide bonds. The van der Waals surface area contributed by atoms with Crippen molar-refractivity contribution in [2.24, 2.45) is 0 Å². The molecule has 0 saturated heterocycles. The van der Waals surface area contributed by atoms with E-state index in [-0.39, 0.29) is 18.0 Å². The van der Waals surface area contributed by atoms with Gasteiger partial charge < -0.3 is 9.64 Å². The lowest BCUT2D eigenvalue weighted by molar-refractivity contribution is -0.131. The molecule has 0 saturated carbocycles. The molecule has 0 bridgehead atoms. The normalized spacial score (nSPS) is 10.7. The number of ether oxygens (including phenoxy) is 1. The number of hydrogen-bond donors (Lipinski definition) is 0. The number of likely N-dealkylation sites (N-methyl/N-ethyl adjacent to an activating group) is 1. The summed E-state index contributed by atoms with van der Waals surface area (Å²) in [6, 6.07) is 14.2. The topological polar surface area (TPSA) is 64.4 Å². The lowest BCUT2D eigenvalue weighted by Crippen LogP contribution is -2.37. The van der Waals surface area contributed by atoms with E-state index in [1.165, 1.54) is 9.58 Å². The zero-order valence-corrected chi connectivity index (χ0v) is 15.0. The molecule has 1 heterocycles.